The van der Waals surface area contributed by atoms with Gasteiger partial charge in [0.1, 0.15) is 11.4 Å². The number of hydrogen-bond acceptors (Lipinski definition) is 6. The van der Waals surface area contributed by atoms with Crippen molar-refractivity contribution in [1.82, 2.24) is 4.98 Å². The summed E-state index contributed by atoms with van der Waals surface area (Å²) in [4.78, 5) is 4.67. The number of hydrogen-bond donors (Lipinski definition) is 2. The maximum atomic E-state index is 10.1. The lowest BCUT2D eigenvalue weighted by atomic mass is 9.99. The number of nitrogens with one attached hydrogen (secondary N) is 1. The molecule has 0 fully saturated rings. The maximum Gasteiger partial charge on any atom is 0.183 e. The molecule has 1 aromatic heterocycles. The molecule has 0 amide bonds. The van der Waals surface area contributed by atoms with Gasteiger partial charge in [0.2, 0.25) is 0 Å². The summed E-state index contributed by atoms with van der Waals surface area (Å²) in [5.74, 6) is 1.54. The SMILES string of the molecule is COc1cc(-c2csc(NCc3cc(Cl)cc(Cl)c3O)n2)cc2c1OC(C)(C)C2. The molecular weight excluding hydrogens is 431 g/mol. The molecule has 0 atom stereocenters. The first-order valence-electron chi connectivity index (χ1n) is 9.02. The Morgan fingerprint density at radius 3 is 2.83 bits per heavy atom. The Morgan fingerprint density at radius 1 is 1.28 bits per heavy atom. The lowest BCUT2D eigenvalue weighted by Gasteiger charge is -2.17. The number of aromatic nitrogens is 1. The van der Waals surface area contributed by atoms with Crippen molar-refractivity contribution in [2.24, 2.45) is 0 Å². The van der Waals surface area contributed by atoms with Gasteiger partial charge in [0.15, 0.2) is 16.6 Å². The van der Waals surface area contributed by atoms with Crippen molar-refractivity contribution in [3.05, 3.63) is 50.8 Å². The Hall–Kier alpha value is -2.15. The number of aromatic hydroxyl groups is 1. The Balaban J connectivity index is 1.56. The first-order valence-corrected chi connectivity index (χ1v) is 10.7. The van der Waals surface area contributed by atoms with Gasteiger partial charge in [0.25, 0.3) is 0 Å². The van der Waals surface area contributed by atoms with Crippen molar-refractivity contribution < 1.29 is 14.6 Å². The highest BCUT2D eigenvalue weighted by molar-refractivity contribution is 7.14. The number of phenols is 1. The van der Waals surface area contributed by atoms with Gasteiger partial charge in [-0.25, -0.2) is 4.98 Å². The topological polar surface area (TPSA) is 63.6 Å². The standard InChI is InChI=1S/C21H20Cl2N2O3S/c1-21(2)8-12-4-11(6-17(27-3)19(12)28-21)16-10-29-20(25-16)24-9-13-5-14(22)7-15(23)18(13)26/h4-7,10,26H,8-9H2,1-3H3,(H,24,25). The minimum absolute atomic E-state index is 0.0197. The quantitative estimate of drug-likeness (QED) is 0.487. The zero-order valence-corrected chi connectivity index (χ0v) is 18.5. The number of rotatable bonds is 5. The molecule has 0 spiro atoms. The predicted octanol–water partition coefficient (Wildman–Crippen LogP) is 6.16. The molecule has 2 aromatic carbocycles. The summed E-state index contributed by atoms with van der Waals surface area (Å²) in [5.41, 5.74) is 3.29. The molecule has 0 unspecified atom stereocenters. The molecule has 5 nitrogen and oxygen atoms in total. The monoisotopic (exact) mass is 450 g/mol. The third-order valence-electron chi connectivity index (χ3n) is 4.68. The summed E-state index contributed by atoms with van der Waals surface area (Å²) in [5, 5.41) is 16.7. The number of ether oxygens (including phenoxy) is 2. The predicted molar refractivity (Wildman–Crippen MR) is 118 cm³/mol. The first-order chi connectivity index (χ1) is 13.8. The number of benzene rings is 2. The van der Waals surface area contributed by atoms with Crippen molar-refractivity contribution in [3.8, 4) is 28.5 Å². The number of phenolic OH excluding ortho intramolecular Hbond substituents is 1. The number of anilines is 1. The van der Waals surface area contributed by atoms with E-state index < -0.39 is 0 Å². The molecule has 2 N–H and O–H groups in total. The second-order valence-electron chi connectivity index (χ2n) is 7.49. The molecule has 0 bridgehead atoms. The van der Waals surface area contributed by atoms with Gasteiger partial charge in [-0.3, -0.25) is 0 Å². The molecule has 4 rings (SSSR count). The molecule has 3 aromatic rings. The first kappa shape index (κ1) is 20.1. The van der Waals surface area contributed by atoms with Crippen LogP contribution in [0.2, 0.25) is 10.0 Å². The van der Waals surface area contributed by atoms with Gasteiger partial charge in [-0.15, -0.1) is 11.3 Å². The average molecular weight is 451 g/mol. The molecule has 0 saturated heterocycles. The second kappa shape index (κ2) is 7.59. The normalized spacial score (nSPS) is 14.4. The summed E-state index contributed by atoms with van der Waals surface area (Å²) in [6.07, 6.45) is 0.816. The van der Waals surface area contributed by atoms with Gasteiger partial charge in [-0.05, 0) is 38.1 Å². The third-order valence-corrected chi connectivity index (χ3v) is 5.99. The van der Waals surface area contributed by atoms with E-state index in [1.165, 1.54) is 17.4 Å². The second-order valence-corrected chi connectivity index (χ2v) is 9.19. The van der Waals surface area contributed by atoms with E-state index in [0.29, 0.717) is 22.9 Å². The Bertz CT molecular complexity index is 1080. The number of fused-ring (bicyclic) bond motifs is 1. The molecule has 2 heterocycles. The van der Waals surface area contributed by atoms with Crippen LogP contribution in [0.5, 0.6) is 17.2 Å². The van der Waals surface area contributed by atoms with Crippen LogP contribution in [0.4, 0.5) is 5.13 Å². The van der Waals surface area contributed by atoms with Gasteiger partial charge in [0.05, 0.1) is 17.8 Å². The molecule has 29 heavy (non-hydrogen) atoms. The highest BCUT2D eigenvalue weighted by atomic mass is 35.5. The van der Waals surface area contributed by atoms with E-state index in [1.54, 1.807) is 13.2 Å². The fourth-order valence-electron chi connectivity index (χ4n) is 3.39. The van der Waals surface area contributed by atoms with Crippen molar-refractivity contribution in [3.63, 3.8) is 0 Å². The zero-order chi connectivity index (χ0) is 20.8. The molecule has 152 valence electrons. The maximum absolute atomic E-state index is 10.1. The van der Waals surface area contributed by atoms with E-state index in [2.05, 4.69) is 30.2 Å². The zero-order valence-electron chi connectivity index (χ0n) is 16.2. The van der Waals surface area contributed by atoms with E-state index in [4.69, 9.17) is 32.7 Å². The molecule has 1 aliphatic heterocycles. The van der Waals surface area contributed by atoms with E-state index in [0.717, 1.165) is 34.1 Å². The van der Waals surface area contributed by atoms with Crippen molar-refractivity contribution in [2.75, 3.05) is 12.4 Å². The average Bonchev–Trinajstić information content (AvgIpc) is 3.25. The van der Waals surface area contributed by atoms with Crippen molar-refractivity contribution >= 4 is 39.7 Å². The highest BCUT2D eigenvalue weighted by Gasteiger charge is 2.33. The van der Waals surface area contributed by atoms with Gasteiger partial charge in [0, 0.05) is 40.1 Å². The summed E-state index contributed by atoms with van der Waals surface area (Å²) in [6, 6.07) is 7.24. The molecule has 0 radical (unpaired) electrons. The minimum Gasteiger partial charge on any atom is -0.506 e. The largest absolute Gasteiger partial charge is 0.506 e. The van der Waals surface area contributed by atoms with Gasteiger partial charge >= 0.3 is 0 Å². The molecule has 8 heteroatoms. The smallest absolute Gasteiger partial charge is 0.183 e. The van der Waals surface area contributed by atoms with E-state index in [1.807, 2.05) is 11.4 Å². The van der Waals surface area contributed by atoms with Crippen LogP contribution in [0.1, 0.15) is 25.0 Å². The number of methoxy groups -OCH3 is 1. The summed E-state index contributed by atoms with van der Waals surface area (Å²) in [7, 11) is 1.64. The molecule has 1 aliphatic rings. The number of thiazole rings is 1. The fourth-order valence-corrected chi connectivity index (χ4v) is 4.64. The van der Waals surface area contributed by atoms with Gasteiger partial charge < -0.3 is 19.9 Å². The Labute approximate surface area is 183 Å². The van der Waals surface area contributed by atoms with E-state index in [-0.39, 0.29) is 16.4 Å². The van der Waals surface area contributed by atoms with Crippen LogP contribution >= 0.6 is 34.5 Å². The summed E-state index contributed by atoms with van der Waals surface area (Å²) in [6.45, 7) is 4.48. The number of nitrogens with zero attached hydrogens (tertiary/aromatic N) is 1. The Morgan fingerprint density at radius 2 is 2.07 bits per heavy atom. The van der Waals surface area contributed by atoms with Crippen molar-refractivity contribution in [2.45, 2.75) is 32.4 Å². The van der Waals surface area contributed by atoms with Gasteiger partial charge in [-0.2, -0.15) is 0 Å². The highest BCUT2D eigenvalue weighted by Crippen LogP contribution is 2.44. The number of halogens is 2. The Kier molecular flexibility index (Phi) is 5.27. The molecular formula is C21H20Cl2N2O3S. The van der Waals surface area contributed by atoms with Crippen LogP contribution in [-0.2, 0) is 13.0 Å². The van der Waals surface area contributed by atoms with Crippen LogP contribution in [0.25, 0.3) is 11.3 Å². The van der Waals surface area contributed by atoms with E-state index in [9.17, 15) is 5.11 Å². The minimum atomic E-state index is -0.247. The van der Waals surface area contributed by atoms with Crippen LogP contribution in [0.15, 0.2) is 29.6 Å². The molecule has 0 aliphatic carbocycles. The third kappa shape index (κ3) is 4.10. The van der Waals surface area contributed by atoms with Gasteiger partial charge in [-0.1, -0.05) is 23.2 Å². The van der Waals surface area contributed by atoms with E-state index >= 15 is 0 Å². The lowest BCUT2D eigenvalue weighted by Crippen LogP contribution is -2.24. The van der Waals surface area contributed by atoms with Crippen LogP contribution in [0, 0.1) is 0 Å². The molecule has 0 saturated carbocycles. The van der Waals surface area contributed by atoms with Crippen LogP contribution in [0.3, 0.4) is 0 Å². The summed E-state index contributed by atoms with van der Waals surface area (Å²) < 4.78 is 11.6. The van der Waals surface area contributed by atoms with Crippen molar-refractivity contribution in [1.29, 1.82) is 0 Å². The van der Waals surface area contributed by atoms with Crippen LogP contribution < -0.4 is 14.8 Å². The van der Waals surface area contributed by atoms with Crippen LogP contribution in [-0.4, -0.2) is 22.8 Å². The summed E-state index contributed by atoms with van der Waals surface area (Å²) >= 11 is 13.5. The fraction of sp³-hybridized carbons (Fsp3) is 0.286. The lowest BCUT2D eigenvalue weighted by molar-refractivity contribution is 0.134.